The van der Waals surface area contributed by atoms with E-state index >= 15 is 0 Å². The number of fused-ring (bicyclic) bond motifs is 2. The van der Waals surface area contributed by atoms with Gasteiger partial charge in [0.15, 0.2) is 0 Å². The Hall–Kier alpha value is -1.87. The molecule has 1 unspecified atom stereocenters. The van der Waals surface area contributed by atoms with Crippen LogP contribution in [0.5, 0.6) is 5.75 Å². The molecule has 0 aliphatic carbocycles. The zero-order valence-electron chi connectivity index (χ0n) is 12.5. The minimum absolute atomic E-state index is 0.195. The first kappa shape index (κ1) is 13.8. The van der Waals surface area contributed by atoms with E-state index in [1.54, 1.807) is 12.1 Å². The summed E-state index contributed by atoms with van der Waals surface area (Å²) in [5.74, 6) is 0.645. The van der Waals surface area contributed by atoms with Crippen molar-refractivity contribution in [3.8, 4) is 16.9 Å². The number of halogens is 1. The summed E-state index contributed by atoms with van der Waals surface area (Å²) in [5.41, 5.74) is 1.49. The number of ether oxygens (including phenoxy) is 1. The van der Waals surface area contributed by atoms with Gasteiger partial charge in [-0.1, -0.05) is 30.3 Å². The highest BCUT2D eigenvalue weighted by Gasteiger charge is 2.34. The topological polar surface area (TPSA) is 21.3 Å². The van der Waals surface area contributed by atoms with Crippen LogP contribution in [0.1, 0.15) is 25.7 Å². The van der Waals surface area contributed by atoms with Crippen molar-refractivity contribution < 1.29 is 9.13 Å². The summed E-state index contributed by atoms with van der Waals surface area (Å²) in [6, 6.07) is 15.9. The summed E-state index contributed by atoms with van der Waals surface area (Å²) in [5, 5.41) is 3.62. The largest absolute Gasteiger partial charge is 0.490 e. The van der Waals surface area contributed by atoms with Gasteiger partial charge in [-0.3, -0.25) is 0 Å². The van der Waals surface area contributed by atoms with Crippen LogP contribution in [-0.2, 0) is 0 Å². The number of hydrogen-bond acceptors (Lipinski definition) is 2. The van der Waals surface area contributed by atoms with Crippen LogP contribution in [0.4, 0.5) is 4.39 Å². The first-order valence-corrected chi connectivity index (χ1v) is 8.05. The van der Waals surface area contributed by atoms with Crippen molar-refractivity contribution in [2.75, 3.05) is 0 Å². The lowest BCUT2D eigenvalue weighted by atomic mass is 10.0. The summed E-state index contributed by atoms with van der Waals surface area (Å²) in [6.07, 6.45) is 4.94. The maximum absolute atomic E-state index is 13.9. The molecular formula is C19H20FNO. The highest BCUT2D eigenvalue weighted by molar-refractivity contribution is 5.65. The third-order valence-corrected chi connectivity index (χ3v) is 4.75. The highest BCUT2D eigenvalue weighted by atomic mass is 19.1. The molecule has 3 atom stereocenters. The monoisotopic (exact) mass is 297 g/mol. The van der Waals surface area contributed by atoms with E-state index in [4.69, 9.17) is 4.74 Å². The highest BCUT2D eigenvalue weighted by Crippen LogP contribution is 2.31. The maximum Gasteiger partial charge on any atom is 0.131 e. The number of hydrogen-bond donors (Lipinski definition) is 1. The molecule has 2 aliphatic heterocycles. The molecule has 0 saturated carbocycles. The van der Waals surface area contributed by atoms with Crippen LogP contribution in [0.25, 0.3) is 11.1 Å². The van der Waals surface area contributed by atoms with E-state index in [9.17, 15) is 4.39 Å². The zero-order chi connectivity index (χ0) is 14.9. The van der Waals surface area contributed by atoms with E-state index in [1.165, 1.54) is 18.9 Å². The molecule has 0 amide bonds. The van der Waals surface area contributed by atoms with Gasteiger partial charge in [-0.2, -0.15) is 0 Å². The number of nitrogens with one attached hydrogen (secondary N) is 1. The van der Waals surface area contributed by atoms with Crippen molar-refractivity contribution in [2.24, 2.45) is 0 Å². The molecule has 0 spiro atoms. The van der Waals surface area contributed by atoms with E-state index in [2.05, 4.69) is 5.32 Å². The molecule has 2 fully saturated rings. The first-order valence-electron chi connectivity index (χ1n) is 8.05. The second-order valence-corrected chi connectivity index (χ2v) is 6.36. The molecule has 3 heteroatoms. The molecular weight excluding hydrogens is 277 g/mol. The van der Waals surface area contributed by atoms with Crippen molar-refractivity contribution in [3.05, 3.63) is 54.3 Å². The molecule has 1 N–H and O–H groups in total. The fraction of sp³-hybridized carbons (Fsp3) is 0.368. The SMILES string of the molecule is Fc1ccccc1-c1cccc(OC2C[C@H]3CC[C@@H](C2)N3)c1. The molecule has 22 heavy (non-hydrogen) atoms. The van der Waals surface area contributed by atoms with Crippen molar-refractivity contribution >= 4 is 0 Å². The maximum atomic E-state index is 13.9. The van der Waals surface area contributed by atoms with Crippen LogP contribution in [0.2, 0.25) is 0 Å². The molecule has 2 aromatic carbocycles. The molecule has 2 bridgehead atoms. The Morgan fingerprint density at radius 3 is 2.50 bits per heavy atom. The van der Waals surface area contributed by atoms with E-state index < -0.39 is 0 Å². The quantitative estimate of drug-likeness (QED) is 0.918. The summed E-state index contributed by atoms with van der Waals surface area (Å²) in [7, 11) is 0. The van der Waals surface area contributed by atoms with Gasteiger partial charge in [0.1, 0.15) is 17.7 Å². The van der Waals surface area contributed by atoms with Gasteiger partial charge in [-0.05, 0) is 49.4 Å². The summed E-state index contributed by atoms with van der Waals surface area (Å²) >= 11 is 0. The fourth-order valence-electron chi connectivity index (χ4n) is 3.73. The van der Waals surface area contributed by atoms with Crippen molar-refractivity contribution in [1.29, 1.82) is 0 Å². The molecule has 4 rings (SSSR count). The van der Waals surface area contributed by atoms with Crippen LogP contribution in [-0.4, -0.2) is 18.2 Å². The Morgan fingerprint density at radius 1 is 0.955 bits per heavy atom. The number of benzene rings is 2. The smallest absolute Gasteiger partial charge is 0.131 e. The molecule has 0 aromatic heterocycles. The number of piperidine rings is 1. The van der Waals surface area contributed by atoms with Crippen LogP contribution >= 0.6 is 0 Å². The Morgan fingerprint density at radius 2 is 1.73 bits per heavy atom. The second kappa shape index (κ2) is 5.73. The first-order chi connectivity index (χ1) is 10.8. The summed E-state index contributed by atoms with van der Waals surface area (Å²) < 4.78 is 20.1. The molecule has 2 aromatic rings. The third kappa shape index (κ3) is 2.73. The third-order valence-electron chi connectivity index (χ3n) is 4.75. The average Bonchev–Trinajstić information content (AvgIpc) is 2.87. The molecule has 2 nitrogen and oxygen atoms in total. The average molecular weight is 297 g/mol. The van der Waals surface area contributed by atoms with Crippen molar-refractivity contribution in [2.45, 2.75) is 43.9 Å². The second-order valence-electron chi connectivity index (χ2n) is 6.36. The van der Waals surface area contributed by atoms with Gasteiger partial charge in [-0.25, -0.2) is 4.39 Å². The standard InChI is InChI=1S/C19H20FNO/c20-19-7-2-1-6-18(19)13-4-3-5-16(10-13)22-17-11-14-8-9-15(12-17)21-14/h1-7,10,14-15,17,21H,8-9,11-12H2/t14-,15+,17?. The van der Waals surface area contributed by atoms with Gasteiger partial charge < -0.3 is 10.1 Å². The number of rotatable bonds is 3. The summed E-state index contributed by atoms with van der Waals surface area (Å²) in [4.78, 5) is 0. The Bertz CT molecular complexity index is 660. The molecule has 114 valence electrons. The van der Waals surface area contributed by atoms with E-state index in [0.717, 1.165) is 24.2 Å². The predicted octanol–water partition coefficient (Wildman–Crippen LogP) is 4.15. The van der Waals surface area contributed by atoms with E-state index in [-0.39, 0.29) is 11.9 Å². The normalized spacial score (nSPS) is 26.9. The van der Waals surface area contributed by atoms with Crippen LogP contribution in [0.3, 0.4) is 0 Å². The molecule has 2 saturated heterocycles. The van der Waals surface area contributed by atoms with Crippen LogP contribution in [0, 0.1) is 5.82 Å². The Kier molecular flexibility index (Phi) is 3.59. The van der Waals surface area contributed by atoms with Crippen molar-refractivity contribution in [1.82, 2.24) is 5.32 Å². The van der Waals surface area contributed by atoms with Crippen LogP contribution in [0.15, 0.2) is 48.5 Å². The molecule has 2 heterocycles. The predicted molar refractivity (Wildman–Crippen MR) is 85.4 cm³/mol. The fourth-order valence-corrected chi connectivity index (χ4v) is 3.73. The lowest BCUT2D eigenvalue weighted by Gasteiger charge is -2.29. The van der Waals surface area contributed by atoms with Crippen molar-refractivity contribution in [3.63, 3.8) is 0 Å². The van der Waals surface area contributed by atoms with Gasteiger partial charge >= 0.3 is 0 Å². The minimum Gasteiger partial charge on any atom is -0.490 e. The Balaban J connectivity index is 1.54. The molecule has 0 radical (unpaired) electrons. The van der Waals surface area contributed by atoms with E-state index in [1.807, 2.05) is 30.3 Å². The summed E-state index contributed by atoms with van der Waals surface area (Å²) in [6.45, 7) is 0. The van der Waals surface area contributed by atoms with Gasteiger partial charge in [0.25, 0.3) is 0 Å². The Labute approximate surface area is 130 Å². The lowest BCUT2D eigenvalue weighted by molar-refractivity contribution is 0.137. The van der Waals surface area contributed by atoms with Crippen LogP contribution < -0.4 is 10.1 Å². The lowest BCUT2D eigenvalue weighted by Crippen LogP contribution is -2.42. The van der Waals surface area contributed by atoms with Gasteiger partial charge in [-0.15, -0.1) is 0 Å². The van der Waals surface area contributed by atoms with E-state index in [0.29, 0.717) is 17.6 Å². The minimum atomic E-state index is -0.195. The van der Waals surface area contributed by atoms with Gasteiger partial charge in [0, 0.05) is 17.6 Å². The molecule has 2 aliphatic rings. The van der Waals surface area contributed by atoms with Gasteiger partial charge in [0.2, 0.25) is 0 Å². The zero-order valence-corrected chi connectivity index (χ0v) is 12.5. The van der Waals surface area contributed by atoms with Gasteiger partial charge in [0.05, 0.1) is 0 Å².